The van der Waals surface area contributed by atoms with E-state index in [9.17, 15) is 13.2 Å². The first-order chi connectivity index (χ1) is 15.9. The smallest absolute Gasteiger partial charge is 0.330 e. The van der Waals surface area contributed by atoms with Gasteiger partial charge in [-0.1, -0.05) is 6.58 Å². The summed E-state index contributed by atoms with van der Waals surface area (Å²) < 4.78 is 32.1. The van der Waals surface area contributed by atoms with Crippen LogP contribution in [0, 0.1) is 0 Å². The zero-order chi connectivity index (χ0) is 23.7. The highest BCUT2D eigenvalue weighted by Crippen LogP contribution is 2.23. The predicted molar refractivity (Wildman–Crippen MR) is 124 cm³/mol. The van der Waals surface area contributed by atoms with Gasteiger partial charge in [0.15, 0.2) is 0 Å². The molecule has 0 fully saturated rings. The summed E-state index contributed by atoms with van der Waals surface area (Å²) in [6, 6.07) is 14.9. The Morgan fingerprint density at radius 3 is 2.21 bits per heavy atom. The minimum atomic E-state index is -3.81. The summed E-state index contributed by atoms with van der Waals surface area (Å²) in [5.41, 5.74) is 2.05. The third kappa shape index (κ3) is 6.94. The monoisotopic (exact) mass is 466 g/mol. The Hall–Kier alpha value is -4.12. The van der Waals surface area contributed by atoms with E-state index in [1.807, 2.05) is 24.1 Å². The molecule has 0 saturated carbocycles. The summed E-state index contributed by atoms with van der Waals surface area (Å²) in [5, 5.41) is 8.32. The Morgan fingerprint density at radius 2 is 1.64 bits per heavy atom. The summed E-state index contributed by atoms with van der Waals surface area (Å²) in [4.78, 5) is 20.8. The lowest BCUT2D eigenvalue weighted by Gasteiger charge is -2.18. The number of esters is 1. The molecular weight excluding hydrogens is 444 g/mol. The maximum absolute atomic E-state index is 12.4. The van der Waals surface area contributed by atoms with Gasteiger partial charge >= 0.3 is 5.97 Å². The molecule has 1 N–H and O–H groups in total. The zero-order valence-corrected chi connectivity index (χ0v) is 18.6. The van der Waals surface area contributed by atoms with Crippen LogP contribution in [0.15, 0.2) is 94.8 Å². The van der Waals surface area contributed by atoms with Gasteiger partial charge in [0.1, 0.15) is 6.61 Å². The van der Waals surface area contributed by atoms with Crippen molar-refractivity contribution in [2.45, 2.75) is 4.90 Å². The number of carbonyl (C=O) groups is 1. The molecular formula is C22H22N6O4S. The molecule has 0 unspecified atom stereocenters. The first kappa shape index (κ1) is 23.5. The maximum Gasteiger partial charge on any atom is 0.330 e. The van der Waals surface area contributed by atoms with E-state index in [0.717, 1.165) is 11.8 Å². The van der Waals surface area contributed by atoms with Crippen molar-refractivity contribution in [1.29, 1.82) is 0 Å². The summed E-state index contributed by atoms with van der Waals surface area (Å²) in [5.74, 6) is -0.459. The third-order valence-corrected chi connectivity index (χ3v) is 5.69. The molecule has 0 radical (unpaired) electrons. The molecule has 3 aromatic rings. The first-order valence-corrected chi connectivity index (χ1v) is 11.3. The topological polar surface area (TPSA) is 126 Å². The van der Waals surface area contributed by atoms with Crippen molar-refractivity contribution in [1.82, 2.24) is 9.97 Å². The van der Waals surface area contributed by atoms with Gasteiger partial charge in [0.25, 0.3) is 10.0 Å². The van der Waals surface area contributed by atoms with Crippen molar-refractivity contribution < 1.29 is 17.9 Å². The maximum atomic E-state index is 12.4. The number of benzene rings is 2. The van der Waals surface area contributed by atoms with Crippen molar-refractivity contribution >= 4 is 39.0 Å². The summed E-state index contributed by atoms with van der Waals surface area (Å²) in [6.45, 7) is 4.14. The van der Waals surface area contributed by atoms with Gasteiger partial charge in [-0.2, -0.15) is 10.2 Å². The lowest BCUT2D eigenvalue weighted by molar-refractivity contribution is -0.137. The van der Waals surface area contributed by atoms with Crippen LogP contribution in [0.5, 0.6) is 0 Å². The fourth-order valence-corrected chi connectivity index (χ4v) is 3.54. The second kappa shape index (κ2) is 11.0. The quantitative estimate of drug-likeness (QED) is 0.273. The predicted octanol–water partition coefficient (Wildman–Crippen LogP) is 3.86. The lowest BCUT2D eigenvalue weighted by Crippen LogP contribution is -2.23. The molecule has 1 aromatic heterocycles. The lowest BCUT2D eigenvalue weighted by atomic mass is 10.2. The number of nitrogens with one attached hydrogen (secondary N) is 1. The number of likely N-dealkylation sites (N-methyl/N-ethyl adjacent to an activating group) is 1. The molecule has 0 aliphatic carbocycles. The van der Waals surface area contributed by atoms with Crippen LogP contribution < -0.4 is 9.62 Å². The molecule has 10 nitrogen and oxygen atoms in total. The van der Waals surface area contributed by atoms with Crippen LogP contribution in [-0.2, 0) is 19.6 Å². The van der Waals surface area contributed by atoms with Crippen LogP contribution in [0.4, 0.5) is 23.0 Å². The largest absolute Gasteiger partial charge is 0.461 e. The Labute approximate surface area is 191 Å². The van der Waals surface area contributed by atoms with E-state index in [1.54, 1.807) is 30.3 Å². The van der Waals surface area contributed by atoms with Crippen LogP contribution in [0.3, 0.4) is 0 Å². The number of anilines is 2. The summed E-state index contributed by atoms with van der Waals surface area (Å²) in [7, 11) is -1.93. The highest BCUT2D eigenvalue weighted by molar-refractivity contribution is 7.92. The normalized spacial score (nSPS) is 11.2. The number of hydrogen-bond acceptors (Lipinski definition) is 9. The summed E-state index contributed by atoms with van der Waals surface area (Å²) >= 11 is 0. The third-order valence-electron chi connectivity index (χ3n) is 4.35. The number of aromatic nitrogens is 2. The average Bonchev–Trinajstić information content (AvgIpc) is 2.83. The molecule has 1 heterocycles. The van der Waals surface area contributed by atoms with Crippen molar-refractivity contribution in [3.05, 3.63) is 79.6 Å². The molecule has 0 spiro atoms. The zero-order valence-electron chi connectivity index (χ0n) is 17.8. The number of hydrogen-bond donors (Lipinski definition) is 1. The number of sulfonamides is 1. The van der Waals surface area contributed by atoms with Gasteiger partial charge in [-0.05, 0) is 54.6 Å². The van der Waals surface area contributed by atoms with Crippen molar-refractivity contribution in [3.63, 3.8) is 0 Å². The van der Waals surface area contributed by atoms with Crippen molar-refractivity contribution in [2.24, 2.45) is 10.2 Å². The van der Waals surface area contributed by atoms with E-state index >= 15 is 0 Å². The van der Waals surface area contributed by atoms with Gasteiger partial charge < -0.3 is 9.64 Å². The number of nitrogens with zero attached hydrogens (tertiary/aromatic N) is 5. The standard InChI is InChI=1S/C22H22N6O4S/c1-3-21(29)32-16-15-28(2)19-9-5-17(6-10-19)25-26-18-7-11-20(12-8-18)33(30,31)27-22-23-13-4-14-24-22/h3-14H,1,15-16H2,2H3,(H,23,24,27). The molecule has 0 aliphatic heterocycles. The van der Waals surface area contributed by atoms with E-state index in [1.165, 1.54) is 24.5 Å². The molecule has 170 valence electrons. The minimum Gasteiger partial charge on any atom is -0.461 e. The molecule has 33 heavy (non-hydrogen) atoms. The first-order valence-electron chi connectivity index (χ1n) is 9.79. The van der Waals surface area contributed by atoms with Crippen LogP contribution >= 0.6 is 0 Å². The van der Waals surface area contributed by atoms with Gasteiger partial charge in [-0.15, -0.1) is 0 Å². The van der Waals surface area contributed by atoms with E-state index in [-0.39, 0.29) is 17.5 Å². The van der Waals surface area contributed by atoms with Gasteiger partial charge in [0, 0.05) is 31.2 Å². The number of ether oxygens (including phenoxy) is 1. The number of carbonyl (C=O) groups excluding carboxylic acids is 1. The van der Waals surface area contributed by atoms with Gasteiger partial charge in [-0.25, -0.2) is 27.9 Å². The Balaban J connectivity index is 1.58. The molecule has 0 aliphatic rings. The Kier molecular flexibility index (Phi) is 7.82. The minimum absolute atomic E-state index is 0.00636. The van der Waals surface area contributed by atoms with Crippen LogP contribution in [0.1, 0.15) is 0 Å². The van der Waals surface area contributed by atoms with E-state index < -0.39 is 16.0 Å². The Morgan fingerprint density at radius 1 is 1.06 bits per heavy atom. The molecule has 11 heteroatoms. The van der Waals surface area contributed by atoms with E-state index in [2.05, 4.69) is 31.5 Å². The molecule has 0 bridgehead atoms. The van der Waals surface area contributed by atoms with E-state index in [0.29, 0.717) is 17.9 Å². The highest BCUT2D eigenvalue weighted by atomic mass is 32.2. The van der Waals surface area contributed by atoms with Gasteiger partial charge in [-0.3, -0.25) is 0 Å². The van der Waals surface area contributed by atoms with E-state index in [4.69, 9.17) is 4.74 Å². The van der Waals surface area contributed by atoms with Crippen molar-refractivity contribution in [3.8, 4) is 0 Å². The van der Waals surface area contributed by atoms with Crippen LogP contribution in [-0.4, -0.2) is 44.6 Å². The average molecular weight is 467 g/mol. The van der Waals surface area contributed by atoms with Crippen LogP contribution in [0.2, 0.25) is 0 Å². The number of rotatable bonds is 10. The van der Waals surface area contributed by atoms with Crippen LogP contribution in [0.25, 0.3) is 0 Å². The second-order valence-electron chi connectivity index (χ2n) is 6.68. The molecule has 0 saturated heterocycles. The second-order valence-corrected chi connectivity index (χ2v) is 8.36. The SMILES string of the molecule is C=CC(=O)OCCN(C)c1ccc(N=Nc2ccc(S(=O)(=O)Nc3ncccn3)cc2)cc1. The number of azo groups is 1. The fourth-order valence-electron chi connectivity index (χ4n) is 2.58. The highest BCUT2D eigenvalue weighted by Gasteiger charge is 2.15. The molecule has 0 amide bonds. The molecule has 3 rings (SSSR count). The molecule has 0 atom stereocenters. The summed E-state index contributed by atoms with van der Waals surface area (Å²) in [6.07, 6.45) is 4.02. The van der Waals surface area contributed by atoms with Crippen molar-refractivity contribution in [2.75, 3.05) is 29.8 Å². The molecule has 2 aromatic carbocycles. The van der Waals surface area contributed by atoms with Gasteiger partial charge in [0.2, 0.25) is 5.95 Å². The Bertz CT molecular complexity index is 1210. The van der Waals surface area contributed by atoms with Gasteiger partial charge in [0.05, 0.1) is 22.8 Å². The fraction of sp³-hybridized carbons (Fsp3) is 0.136.